The summed E-state index contributed by atoms with van der Waals surface area (Å²) in [4.78, 5) is 0. The van der Waals surface area contributed by atoms with E-state index in [9.17, 15) is 0 Å². The van der Waals surface area contributed by atoms with Crippen LogP contribution in [-0.4, -0.2) is 6.61 Å². The molecule has 2 aromatic rings. The summed E-state index contributed by atoms with van der Waals surface area (Å²) in [5.74, 6) is 6.66. The minimum atomic E-state index is 0.267. The molecule has 0 saturated heterocycles. The zero-order chi connectivity index (χ0) is 14.7. The molecule has 3 nitrogen and oxygen atoms in total. The third-order valence-corrected chi connectivity index (χ3v) is 3.81. The fourth-order valence-corrected chi connectivity index (χ4v) is 2.45. The second-order valence-electron chi connectivity index (χ2n) is 5.47. The minimum Gasteiger partial charge on any atom is -0.479 e. The van der Waals surface area contributed by atoms with E-state index in [-0.39, 0.29) is 6.61 Å². The Bertz CT molecular complexity index is 653. The van der Waals surface area contributed by atoms with Gasteiger partial charge in [0.2, 0.25) is 0 Å². The Morgan fingerprint density at radius 3 is 2.90 bits per heavy atom. The molecule has 21 heavy (non-hydrogen) atoms. The summed E-state index contributed by atoms with van der Waals surface area (Å²) in [6.07, 6.45) is 6.47. The molecule has 1 aromatic carbocycles. The average Bonchev–Trinajstić information content (AvgIpc) is 3.05. The van der Waals surface area contributed by atoms with Crippen LogP contribution in [0.25, 0.3) is 0 Å². The van der Waals surface area contributed by atoms with Gasteiger partial charge in [0.15, 0.2) is 0 Å². The van der Waals surface area contributed by atoms with Crippen LogP contribution in [0.1, 0.15) is 30.8 Å². The number of hydrogen-bond acceptors (Lipinski definition) is 3. The van der Waals surface area contributed by atoms with Crippen LogP contribution in [0.15, 0.2) is 40.8 Å². The first-order chi connectivity index (χ1) is 10.3. The van der Waals surface area contributed by atoms with Crippen LogP contribution >= 0.6 is 0 Å². The SMILES string of the molecule is C#CCOc1ccccc1NCc1ccc([C@H]2C[C@H]2C)o1. The number of furan rings is 1. The summed E-state index contributed by atoms with van der Waals surface area (Å²) < 4.78 is 11.4. The second kappa shape index (κ2) is 5.97. The van der Waals surface area contributed by atoms with Gasteiger partial charge in [-0.3, -0.25) is 0 Å². The highest BCUT2D eigenvalue weighted by Gasteiger charge is 2.36. The Morgan fingerprint density at radius 2 is 2.14 bits per heavy atom. The van der Waals surface area contributed by atoms with Gasteiger partial charge in [0.05, 0.1) is 12.2 Å². The molecule has 0 amide bonds. The lowest BCUT2D eigenvalue weighted by Gasteiger charge is -2.10. The molecular formula is C18H19NO2. The van der Waals surface area contributed by atoms with Gasteiger partial charge in [-0.15, -0.1) is 6.42 Å². The van der Waals surface area contributed by atoms with E-state index in [1.807, 2.05) is 30.3 Å². The summed E-state index contributed by atoms with van der Waals surface area (Å²) in [7, 11) is 0. The lowest BCUT2D eigenvalue weighted by Crippen LogP contribution is -2.02. The summed E-state index contributed by atoms with van der Waals surface area (Å²) >= 11 is 0. The smallest absolute Gasteiger partial charge is 0.148 e. The van der Waals surface area contributed by atoms with Crippen molar-refractivity contribution in [2.75, 3.05) is 11.9 Å². The number of nitrogens with one attached hydrogen (secondary N) is 1. The number of para-hydroxylation sites is 2. The molecule has 0 unspecified atom stereocenters. The summed E-state index contributed by atoms with van der Waals surface area (Å²) in [6.45, 7) is 3.16. The molecule has 0 spiro atoms. The van der Waals surface area contributed by atoms with Gasteiger partial charge in [-0.2, -0.15) is 0 Å². The van der Waals surface area contributed by atoms with Crippen LogP contribution in [0.2, 0.25) is 0 Å². The monoisotopic (exact) mass is 281 g/mol. The van der Waals surface area contributed by atoms with Crippen LogP contribution in [0.5, 0.6) is 5.75 Å². The van der Waals surface area contributed by atoms with Crippen molar-refractivity contribution in [3.05, 3.63) is 47.9 Å². The van der Waals surface area contributed by atoms with E-state index in [2.05, 4.69) is 24.2 Å². The lowest BCUT2D eigenvalue weighted by molar-refractivity contribution is 0.372. The number of hydrogen-bond donors (Lipinski definition) is 1. The van der Waals surface area contributed by atoms with Gasteiger partial charge in [0, 0.05) is 5.92 Å². The van der Waals surface area contributed by atoms with Crippen molar-refractivity contribution in [2.24, 2.45) is 5.92 Å². The molecule has 0 bridgehead atoms. The van der Waals surface area contributed by atoms with Crippen LogP contribution in [0, 0.1) is 18.3 Å². The van der Waals surface area contributed by atoms with Crippen LogP contribution in [0.3, 0.4) is 0 Å². The third-order valence-electron chi connectivity index (χ3n) is 3.81. The quantitative estimate of drug-likeness (QED) is 0.812. The maximum Gasteiger partial charge on any atom is 0.148 e. The molecular weight excluding hydrogens is 262 g/mol. The normalized spacial score (nSPS) is 19.8. The Morgan fingerprint density at radius 1 is 1.33 bits per heavy atom. The maximum atomic E-state index is 5.89. The highest BCUT2D eigenvalue weighted by molar-refractivity contribution is 5.56. The fourth-order valence-electron chi connectivity index (χ4n) is 2.45. The standard InChI is InChI=1S/C18H19NO2/c1-3-10-20-18-7-5-4-6-16(18)19-12-14-8-9-17(21-14)15-11-13(15)2/h1,4-9,13,15,19H,10-12H2,2H3/t13-,15+/m1/s1. The highest BCUT2D eigenvalue weighted by atomic mass is 16.5. The molecule has 0 radical (unpaired) electrons. The van der Waals surface area contributed by atoms with Crippen LogP contribution in [-0.2, 0) is 6.54 Å². The van der Waals surface area contributed by atoms with Gasteiger partial charge in [0.1, 0.15) is 23.9 Å². The van der Waals surface area contributed by atoms with E-state index in [1.54, 1.807) is 0 Å². The van der Waals surface area contributed by atoms with Gasteiger partial charge < -0.3 is 14.5 Å². The number of benzene rings is 1. The zero-order valence-electron chi connectivity index (χ0n) is 12.1. The number of terminal acetylenes is 1. The molecule has 1 aromatic heterocycles. The van der Waals surface area contributed by atoms with Crippen molar-refractivity contribution in [1.29, 1.82) is 0 Å². The number of anilines is 1. The van der Waals surface area contributed by atoms with E-state index in [1.165, 1.54) is 6.42 Å². The largest absolute Gasteiger partial charge is 0.479 e. The van der Waals surface area contributed by atoms with E-state index >= 15 is 0 Å². The van der Waals surface area contributed by atoms with Crippen molar-refractivity contribution >= 4 is 5.69 Å². The molecule has 1 saturated carbocycles. The van der Waals surface area contributed by atoms with Gasteiger partial charge in [-0.05, 0) is 36.6 Å². The van der Waals surface area contributed by atoms with Crippen molar-refractivity contribution in [2.45, 2.75) is 25.8 Å². The van der Waals surface area contributed by atoms with Gasteiger partial charge in [-0.1, -0.05) is 25.0 Å². The van der Waals surface area contributed by atoms with Crippen molar-refractivity contribution < 1.29 is 9.15 Å². The predicted molar refractivity (Wildman–Crippen MR) is 83.3 cm³/mol. The summed E-state index contributed by atoms with van der Waals surface area (Å²) in [5.41, 5.74) is 0.922. The van der Waals surface area contributed by atoms with Crippen LogP contribution in [0.4, 0.5) is 5.69 Å². The first kappa shape index (κ1) is 13.6. The molecule has 1 aliphatic rings. The molecule has 1 N–H and O–H groups in total. The van der Waals surface area contributed by atoms with E-state index in [0.29, 0.717) is 12.5 Å². The topological polar surface area (TPSA) is 34.4 Å². The molecule has 3 heteroatoms. The van der Waals surface area contributed by atoms with Crippen LogP contribution < -0.4 is 10.1 Å². The van der Waals surface area contributed by atoms with Gasteiger partial charge in [0.25, 0.3) is 0 Å². The Labute approximate surface area is 125 Å². The summed E-state index contributed by atoms with van der Waals surface area (Å²) in [6, 6.07) is 11.9. The highest BCUT2D eigenvalue weighted by Crippen LogP contribution is 2.47. The fraction of sp³-hybridized carbons (Fsp3) is 0.333. The Kier molecular flexibility index (Phi) is 3.87. The molecule has 2 atom stereocenters. The number of ether oxygens (including phenoxy) is 1. The molecule has 1 fully saturated rings. The molecule has 1 heterocycles. The minimum absolute atomic E-state index is 0.267. The maximum absolute atomic E-state index is 5.89. The third kappa shape index (κ3) is 3.22. The Balaban J connectivity index is 1.62. The first-order valence-corrected chi connectivity index (χ1v) is 7.25. The lowest BCUT2D eigenvalue weighted by atomic mass is 10.2. The van der Waals surface area contributed by atoms with Gasteiger partial charge >= 0.3 is 0 Å². The van der Waals surface area contributed by atoms with E-state index in [0.717, 1.165) is 28.9 Å². The molecule has 108 valence electrons. The molecule has 0 aliphatic heterocycles. The summed E-state index contributed by atoms with van der Waals surface area (Å²) in [5, 5.41) is 3.33. The first-order valence-electron chi connectivity index (χ1n) is 7.25. The van der Waals surface area contributed by atoms with E-state index < -0.39 is 0 Å². The molecule has 3 rings (SSSR count). The number of rotatable bonds is 6. The predicted octanol–water partition coefficient (Wildman–Crippen LogP) is 4.03. The van der Waals surface area contributed by atoms with Crippen molar-refractivity contribution in [1.82, 2.24) is 0 Å². The second-order valence-corrected chi connectivity index (χ2v) is 5.47. The van der Waals surface area contributed by atoms with E-state index in [4.69, 9.17) is 15.6 Å². The zero-order valence-corrected chi connectivity index (χ0v) is 12.1. The Hall–Kier alpha value is -2.34. The van der Waals surface area contributed by atoms with Crippen molar-refractivity contribution in [3.8, 4) is 18.1 Å². The van der Waals surface area contributed by atoms with Crippen molar-refractivity contribution in [3.63, 3.8) is 0 Å². The average molecular weight is 281 g/mol. The van der Waals surface area contributed by atoms with Gasteiger partial charge in [-0.25, -0.2) is 0 Å². The molecule has 1 aliphatic carbocycles.